The largest absolute Gasteiger partial charge is 0.762 e. The summed E-state index contributed by atoms with van der Waals surface area (Å²) in [6.45, 7) is 7.23. The van der Waals surface area contributed by atoms with E-state index in [9.17, 15) is 38.2 Å². The Morgan fingerprint density at radius 2 is 1.03 bits per heavy atom. The maximum Gasteiger partial charge on any atom is 0.762 e. The number of carbonyl (C=O) groups excluding carboxylic acids is 2. The Morgan fingerprint density at radius 1 is 0.629 bits per heavy atom. The first kappa shape index (κ1) is 52.7. The predicted octanol–water partition coefficient (Wildman–Crippen LogP) is 12.2. The standard InChI is InChI=1S/C26H22N4O2.C25H20N4O2.C2H6S.BF3/c1-17-12-22(14-23(13-17)32-3)26-24(16-29-30(26)11-9-27)21-8-10-28-25(15-21)20-6-4-19(5-7-20)18(2)31;1-16-11-21(13-22(31)12-16)25-23(15-28-29(25)10-8-26)20-7-9-27-24(14-20)19-5-3-18(4-6-19)17(2)30;1-3-2;2-1(3)4/h4-8,10,12-16H,11H2,1-3H3;3-7,9,11-15,31H,10H2,1-2H3;1-2H3;. The van der Waals surface area contributed by atoms with E-state index >= 15 is 0 Å². The van der Waals surface area contributed by atoms with E-state index in [1.165, 1.54) is 6.92 Å². The summed E-state index contributed by atoms with van der Waals surface area (Å²) in [5.74, 6) is 0.953. The maximum absolute atomic E-state index is 11.6. The lowest BCUT2D eigenvalue weighted by Crippen LogP contribution is -2.01. The summed E-state index contributed by atoms with van der Waals surface area (Å²) in [7, 11) is -2.03. The Hall–Kier alpha value is -8.28. The third-order valence-electron chi connectivity index (χ3n) is 10.3. The number of pyridine rings is 2. The Balaban J connectivity index is 0.000000230. The van der Waals surface area contributed by atoms with Crippen LogP contribution in [0.3, 0.4) is 0 Å². The molecule has 0 aliphatic rings. The van der Waals surface area contributed by atoms with Crippen molar-refractivity contribution in [3.8, 4) is 90.9 Å². The molecule has 17 heteroatoms. The number of phenolic OH excluding ortho intramolecular Hbond substituents is 1. The molecule has 0 spiro atoms. The van der Waals surface area contributed by atoms with Crippen LogP contribution in [0.25, 0.3) is 67.3 Å². The molecular weight excluding hydrogens is 913 g/mol. The normalized spacial score (nSPS) is 10.2. The first-order valence-electron chi connectivity index (χ1n) is 21.4. The molecule has 0 fully saturated rings. The van der Waals surface area contributed by atoms with E-state index in [0.29, 0.717) is 11.1 Å². The van der Waals surface area contributed by atoms with Gasteiger partial charge in [-0.2, -0.15) is 32.5 Å². The number of ether oxygens (including phenoxy) is 1. The Bertz CT molecular complexity index is 3140. The molecule has 354 valence electrons. The highest BCUT2D eigenvalue weighted by molar-refractivity contribution is 7.97. The molecule has 4 aromatic carbocycles. The number of methoxy groups -OCH3 is 1. The van der Waals surface area contributed by atoms with Crippen LogP contribution in [0.15, 0.2) is 134 Å². The van der Waals surface area contributed by atoms with Crippen LogP contribution < -0.4 is 4.74 Å². The third kappa shape index (κ3) is 13.9. The number of rotatable bonds is 11. The number of nitrogens with zero attached hydrogens (tertiary/aromatic N) is 8. The van der Waals surface area contributed by atoms with Gasteiger partial charge in [-0.15, -0.1) is 0 Å². The highest BCUT2D eigenvalue weighted by Crippen LogP contribution is 2.37. The molecule has 0 aliphatic heterocycles. The van der Waals surface area contributed by atoms with E-state index in [-0.39, 0.29) is 30.4 Å². The zero-order valence-corrected chi connectivity index (χ0v) is 40.3. The van der Waals surface area contributed by atoms with Crippen LogP contribution in [0, 0.1) is 36.5 Å². The summed E-state index contributed by atoms with van der Waals surface area (Å²) in [5, 5.41) is 37.5. The fraction of sp³-hybridized carbons (Fsp3) is 0.170. The molecule has 0 aliphatic carbocycles. The van der Waals surface area contributed by atoms with Gasteiger partial charge in [0.05, 0.1) is 54.4 Å². The SMILES string of the molecule is CC(=O)c1ccc(-c2cc(-c3cnn(CC#N)c3-c3cc(C)cc(O)c3)ccn2)cc1.COc1cc(C)cc(-c2c(-c3ccnc(-c4ccc(C(C)=O)cc4)c3)cnn2CC#N)c1.CSC.FB(F)F. The monoisotopic (exact) mass is 960 g/mol. The van der Waals surface area contributed by atoms with Gasteiger partial charge in [-0.05, 0) is 123 Å². The second-order valence-corrected chi connectivity index (χ2v) is 16.3. The topological polar surface area (TPSA) is 173 Å². The molecule has 0 amide bonds. The predicted molar refractivity (Wildman–Crippen MR) is 270 cm³/mol. The molecule has 0 saturated heterocycles. The zero-order chi connectivity index (χ0) is 50.9. The van der Waals surface area contributed by atoms with Crippen molar-refractivity contribution in [3.63, 3.8) is 0 Å². The molecule has 8 rings (SSSR count). The summed E-state index contributed by atoms with van der Waals surface area (Å²) < 4.78 is 37.8. The number of carbonyl (C=O) groups is 2. The Kier molecular flexibility index (Phi) is 19.0. The lowest BCUT2D eigenvalue weighted by atomic mass is 9.98. The molecule has 12 nitrogen and oxygen atoms in total. The maximum atomic E-state index is 11.6. The lowest BCUT2D eigenvalue weighted by Gasteiger charge is -2.11. The van der Waals surface area contributed by atoms with Gasteiger partial charge in [0.1, 0.15) is 24.6 Å². The number of aromatic hydroxyl groups is 1. The summed E-state index contributed by atoms with van der Waals surface area (Å²) >= 11 is 1.75. The number of ketones is 2. The van der Waals surface area contributed by atoms with Gasteiger partial charge in [0.2, 0.25) is 0 Å². The van der Waals surface area contributed by atoms with Gasteiger partial charge in [0, 0.05) is 56.9 Å². The Morgan fingerprint density at radius 3 is 1.40 bits per heavy atom. The molecule has 0 atom stereocenters. The van der Waals surface area contributed by atoms with Crippen molar-refractivity contribution in [2.75, 3.05) is 19.6 Å². The number of halogens is 3. The molecule has 4 heterocycles. The van der Waals surface area contributed by atoms with Gasteiger partial charge >= 0.3 is 7.54 Å². The molecule has 8 aromatic rings. The van der Waals surface area contributed by atoms with Crippen LogP contribution in [0.2, 0.25) is 0 Å². The molecule has 0 unspecified atom stereocenters. The van der Waals surface area contributed by atoms with Crippen molar-refractivity contribution in [2.45, 2.75) is 40.8 Å². The van der Waals surface area contributed by atoms with Crippen molar-refractivity contribution >= 4 is 30.9 Å². The average molecular weight is 961 g/mol. The lowest BCUT2D eigenvalue weighted by molar-refractivity contribution is 0.100. The highest BCUT2D eigenvalue weighted by Gasteiger charge is 2.19. The second-order valence-electron chi connectivity index (χ2n) is 15.5. The van der Waals surface area contributed by atoms with Gasteiger partial charge in [0.25, 0.3) is 0 Å². The van der Waals surface area contributed by atoms with Crippen LogP contribution >= 0.6 is 11.8 Å². The van der Waals surface area contributed by atoms with Gasteiger partial charge in [0.15, 0.2) is 11.6 Å². The number of hydrogen-bond donors (Lipinski definition) is 1. The highest BCUT2D eigenvalue weighted by atomic mass is 32.2. The zero-order valence-electron chi connectivity index (χ0n) is 39.5. The average Bonchev–Trinajstić information content (AvgIpc) is 3.96. The van der Waals surface area contributed by atoms with E-state index < -0.39 is 7.54 Å². The number of benzene rings is 4. The number of aryl methyl sites for hydroxylation is 2. The molecule has 1 N–H and O–H groups in total. The second kappa shape index (κ2) is 25.2. The Labute approximate surface area is 409 Å². The smallest absolute Gasteiger partial charge is 0.508 e. The van der Waals surface area contributed by atoms with Crippen LogP contribution in [0.1, 0.15) is 45.7 Å². The van der Waals surface area contributed by atoms with Gasteiger partial charge in [-0.3, -0.25) is 41.9 Å². The van der Waals surface area contributed by atoms with Crippen molar-refractivity contribution in [2.24, 2.45) is 0 Å². The summed E-state index contributed by atoms with van der Waals surface area (Å²) in [6, 6.07) is 38.1. The summed E-state index contributed by atoms with van der Waals surface area (Å²) in [5.41, 5.74) is 13.5. The quantitative estimate of drug-likeness (QED) is 0.0965. The number of phenols is 1. The van der Waals surface area contributed by atoms with Gasteiger partial charge in [-0.25, -0.2) is 0 Å². The van der Waals surface area contributed by atoms with Crippen molar-refractivity contribution in [1.82, 2.24) is 29.5 Å². The summed E-state index contributed by atoms with van der Waals surface area (Å²) in [6.07, 6.45) is 11.1. The number of nitriles is 2. The van der Waals surface area contributed by atoms with Crippen molar-refractivity contribution in [1.29, 1.82) is 10.5 Å². The third-order valence-corrected chi connectivity index (χ3v) is 10.3. The van der Waals surface area contributed by atoms with E-state index in [2.05, 4.69) is 38.4 Å². The number of aromatic nitrogens is 6. The fourth-order valence-corrected chi connectivity index (χ4v) is 7.34. The van der Waals surface area contributed by atoms with Crippen LogP contribution in [0.4, 0.5) is 12.9 Å². The van der Waals surface area contributed by atoms with Crippen molar-refractivity contribution in [3.05, 3.63) is 156 Å². The first-order chi connectivity index (χ1) is 33.6. The van der Waals surface area contributed by atoms with Gasteiger partial charge < -0.3 is 9.84 Å². The van der Waals surface area contributed by atoms with Crippen LogP contribution in [0.5, 0.6) is 11.5 Å². The first-order valence-corrected chi connectivity index (χ1v) is 23.0. The van der Waals surface area contributed by atoms with E-state index in [1.807, 2.05) is 93.1 Å². The van der Waals surface area contributed by atoms with E-state index in [4.69, 9.17) is 4.74 Å². The van der Waals surface area contributed by atoms with Crippen LogP contribution in [-0.4, -0.2) is 73.4 Å². The molecule has 70 heavy (non-hydrogen) atoms. The van der Waals surface area contributed by atoms with Gasteiger partial charge in [-0.1, -0.05) is 48.5 Å². The minimum atomic E-state index is -3.67. The van der Waals surface area contributed by atoms with E-state index in [0.717, 1.165) is 84.2 Å². The molecule has 0 radical (unpaired) electrons. The summed E-state index contributed by atoms with van der Waals surface area (Å²) in [4.78, 5) is 32.1. The molecule has 0 saturated carbocycles. The van der Waals surface area contributed by atoms with Crippen LogP contribution in [-0.2, 0) is 13.1 Å². The molecule has 0 bridgehead atoms. The molecule has 4 aromatic heterocycles. The van der Waals surface area contributed by atoms with Crippen molar-refractivity contribution < 1.29 is 32.4 Å². The number of hydrogen-bond acceptors (Lipinski definition) is 11. The number of Topliss-reactive ketones (excluding diaryl/α,β-unsaturated/α-hetero) is 2. The molecular formula is C53H48BF3N8O4S. The number of thioether (sulfide) groups is 1. The fourth-order valence-electron chi connectivity index (χ4n) is 7.34. The van der Waals surface area contributed by atoms with E-state index in [1.54, 1.807) is 96.3 Å². The minimum absolute atomic E-state index is 0.0178. The minimum Gasteiger partial charge on any atom is -0.508 e.